The third-order valence-corrected chi connectivity index (χ3v) is 3.87. The number of hydrogen-bond donors (Lipinski definition) is 1. The number of nitrogens with two attached hydrogens (primary N) is 1. The summed E-state index contributed by atoms with van der Waals surface area (Å²) in [5.74, 6) is 0. The lowest BCUT2D eigenvalue weighted by atomic mass is 10.0. The van der Waals surface area contributed by atoms with Gasteiger partial charge in [0.05, 0.1) is 11.2 Å². The zero-order chi connectivity index (χ0) is 12.4. The molecule has 2 aromatic rings. The number of hydrogen-bond acceptors (Lipinski definition) is 4. The number of aryl methyl sites for hydroxylation is 2. The van der Waals surface area contributed by atoms with E-state index < -0.39 is 0 Å². The Kier molecular flexibility index (Phi) is 3.59. The van der Waals surface area contributed by atoms with Crippen LogP contribution in [0, 0.1) is 13.8 Å². The fraction of sp³-hybridized carbons (Fsp3) is 0.500. The summed E-state index contributed by atoms with van der Waals surface area (Å²) in [7, 11) is 1.97. The second-order valence-electron chi connectivity index (χ2n) is 4.41. The fourth-order valence-corrected chi connectivity index (χ4v) is 2.74. The Morgan fingerprint density at radius 2 is 2.18 bits per heavy atom. The Bertz CT molecular complexity index is 487. The van der Waals surface area contributed by atoms with E-state index in [9.17, 15) is 0 Å². The molecule has 2 aromatic heterocycles. The summed E-state index contributed by atoms with van der Waals surface area (Å²) in [4.78, 5) is 5.31. The van der Waals surface area contributed by atoms with Crippen LogP contribution in [0.15, 0.2) is 11.7 Å². The summed E-state index contributed by atoms with van der Waals surface area (Å²) in [6, 6.07) is 0.136. The fourth-order valence-electron chi connectivity index (χ4n) is 2.05. The summed E-state index contributed by atoms with van der Waals surface area (Å²) in [6.07, 6.45) is 3.66. The van der Waals surface area contributed by atoms with Gasteiger partial charge in [0, 0.05) is 29.9 Å². The van der Waals surface area contributed by atoms with Crippen LogP contribution in [-0.4, -0.2) is 20.8 Å². The molecule has 0 amide bonds. The Morgan fingerprint density at radius 1 is 1.41 bits per heavy atom. The third-order valence-electron chi connectivity index (χ3n) is 3.07. The molecule has 92 valence electrons. The smallest absolute Gasteiger partial charge is 0.0794 e. The molecule has 2 heterocycles. The molecule has 0 fully saturated rings. The highest BCUT2D eigenvalue weighted by molar-refractivity contribution is 7.09. The maximum absolute atomic E-state index is 6.19. The van der Waals surface area contributed by atoms with Crippen LogP contribution in [-0.2, 0) is 19.9 Å². The number of aromatic nitrogens is 3. The molecular formula is C12H18N4S. The normalized spacial score (nSPS) is 12.9. The second kappa shape index (κ2) is 4.98. The number of rotatable bonds is 4. The predicted octanol–water partition coefficient (Wildman–Crippen LogP) is 1.61. The first kappa shape index (κ1) is 12.3. The van der Waals surface area contributed by atoms with Crippen LogP contribution >= 0.6 is 11.3 Å². The van der Waals surface area contributed by atoms with E-state index in [0.717, 1.165) is 18.5 Å². The van der Waals surface area contributed by atoms with Crippen LogP contribution in [0.1, 0.15) is 21.8 Å². The van der Waals surface area contributed by atoms with Gasteiger partial charge in [-0.3, -0.25) is 9.67 Å². The molecule has 5 heteroatoms. The van der Waals surface area contributed by atoms with Crippen molar-refractivity contribution in [3.63, 3.8) is 0 Å². The molecule has 17 heavy (non-hydrogen) atoms. The molecule has 2 N–H and O–H groups in total. The number of thiazole rings is 1. The zero-order valence-corrected chi connectivity index (χ0v) is 11.3. The van der Waals surface area contributed by atoms with Crippen LogP contribution in [0.4, 0.5) is 0 Å². The van der Waals surface area contributed by atoms with Crippen LogP contribution in [0.3, 0.4) is 0 Å². The van der Waals surface area contributed by atoms with Gasteiger partial charge in [0.1, 0.15) is 0 Å². The first-order valence-corrected chi connectivity index (χ1v) is 6.58. The van der Waals surface area contributed by atoms with E-state index in [1.165, 1.54) is 16.1 Å². The minimum atomic E-state index is 0.136. The van der Waals surface area contributed by atoms with E-state index in [1.807, 2.05) is 30.4 Å². The molecule has 0 aliphatic carbocycles. The van der Waals surface area contributed by atoms with Crippen LogP contribution in [0.25, 0.3) is 0 Å². The van der Waals surface area contributed by atoms with Crippen molar-refractivity contribution in [1.82, 2.24) is 14.8 Å². The lowest BCUT2D eigenvalue weighted by molar-refractivity contribution is 0.663. The molecule has 0 aromatic carbocycles. The van der Waals surface area contributed by atoms with Crippen molar-refractivity contribution in [1.29, 1.82) is 0 Å². The molecule has 4 nitrogen and oxygen atoms in total. The highest BCUT2D eigenvalue weighted by Gasteiger charge is 2.14. The van der Waals surface area contributed by atoms with E-state index in [1.54, 1.807) is 11.3 Å². The summed E-state index contributed by atoms with van der Waals surface area (Å²) in [6.45, 7) is 4.14. The molecule has 0 aliphatic heterocycles. The van der Waals surface area contributed by atoms with Gasteiger partial charge in [0.25, 0.3) is 0 Å². The van der Waals surface area contributed by atoms with Gasteiger partial charge in [-0.1, -0.05) is 0 Å². The van der Waals surface area contributed by atoms with Gasteiger partial charge in [-0.05, 0) is 32.3 Å². The summed E-state index contributed by atoms with van der Waals surface area (Å²) >= 11 is 1.66. The summed E-state index contributed by atoms with van der Waals surface area (Å²) in [5.41, 5.74) is 11.6. The predicted molar refractivity (Wildman–Crippen MR) is 70.2 cm³/mol. The van der Waals surface area contributed by atoms with Crippen molar-refractivity contribution < 1.29 is 0 Å². The van der Waals surface area contributed by atoms with Gasteiger partial charge in [-0.25, -0.2) is 0 Å². The van der Waals surface area contributed by atoms with Gasteiger partial charge >= 0.3 is 0 Å². The zero-order valence-electron chi connectivity index (χ0n) is 10.5. The van der Waals surface area contributed by atoms with Gasteiger partial charge < -0.3 is 5.73 Å². The number of nitrogens with zero attached hydrogens (tertiary/aromatic N) is 3. The molecule has 1 atom stereocenters. The molecule has 0 spiro atoms. The van der Waals surface area contributed by atoms with Gasteiger partial charge in [0.2, 0.25) is 0 Å². The van der Waals surface area contributed by atoms with Crippen molar-refractivity contribution in [2.24, 2.45) is 12.8 Å². The Hall–Kier alpha value is -1.20. The quantitative estimate of drug-likeness (QED) is 0.897. The van der Waals surface area contributed by atoms with Gasteiger partial charge in [-0.15, -0.1) is 11.3 Å². The van der Waals surface area contributed by atoms with E-state index in [4.69, 9.17) is 5.73 Å². The minimum absolute atomic E-state index is 0.136. The van der Waals surface area contributed by atoms with Crippen molar-refractivity contribution in [3.05, 3.63) is 33.5 Å². The Labute approximate surface area is 105 Å². The second-order valence-corrected chi connectivity index (χ2v) is 5.38. The van der Waals surface area contributed by atoms with E-state index in [-0.39, 0.29) is 6.04 Å². The lowest BCUT2D eigenvalue weighted by Crippen LogP contribution is -2.25. The van der Waals surface area contributed by atoms with E-state index in [2.05, 4.69) is 17.0 Å². The molecule has 0 saturated heterocycles. The Balaban J connectivity index is 2.05. The van der Waals surface area contributed by atoms with Crippen molar-refractivity contribution in [3.8, 4) is 0 Å². The summed E-state index contributed by atoms with van der Waals surface area (Å²) in [5, 5.41) is 4.41. The molecule has 2 rings (SSSR count). The van der Waals surface area contributed by atoms with Crippen molar-refractivity contribution in [2.75, 3.05) is 0 Å². The highest BCUT2D eigenvalue weighted by Crippen LogP contribution is 2.16. The van der Waals surface area contributed by atoms with Crippen LogP contribution in [0.2, 0.25) is 0 Å². The van der Waals surface area contributed by atoms with Crippen molar-refractivity contribution >= 4 is 11.3 Å². The molecule has 1 unspecified atom stereocenters. The molecule has 0 bridgehead atoms. The first-order valence-electron chi connectivity index (χ1n) is 5.70. The van der Waals surface area contributed by atoms with Crippen LogP contribution in [0.5, 0.6) is 0 Å². The van der Waals surface area contributed by atoms with E-state index in [0.29, 0.717) is 0 Å². The molecule has 0 radical (unpaired) electrons. The average Bonchev–Trinajstić information content (AvgIpc) is 2.83. The Morgan fingerprint density at radius 3 is 2.71 bits per heavy atom. The largest absolute Gasteiger partial charge is 0.327 e. The van der Waals surface area contributed by atoms with Crippen molar-refractivity contribution in [2.45, 2.75) is 32.7 Å². The first-order chi connectivity index (χ1) is 8.08. The van der Waals surface area contributed by atoms with Crippen LogP contribution < -0.4 is 5.73 Å². The lowest BCUT2D eigenvalue weighted by Gasteiger charge is -2.10. The highest BCUT2D eigenvalue weighted by atomic mass is 32.1. The minimum Gasteiger partial charge on any atom is -0.327 e. The average molecular weight is 250 g/mol. The SMILES string of the molecule is Cc1nn(C)c(C)c1CC(N)Cc1cncs1. The summed E-state index contributed by atoms with van der Waals surface area (Å²) < 4.78 is 1.92. The standard InChI is InChI=1S/C12H18N4S/c1-8-12(9(2)16(3)15-8)5-10(13)4-11-6-14-7-17-11/h6-7,10H,4-5,13H2,1-3H3. The van der Waals surface area contributed by atoms with Gasteiger partial charge in [-0.2, -0.15) is 5.10 Å². The molecular weight excluding hydrogens is 232 g/mol. The molecule has 0 saturated carbocycles. The maximum atomic E-state index is 6.19. The topological polar surface area (TPSA) is 56.7 Å². The molecule has 0 aliphatic rings. The third kappa shape index (κ3) is 2.73. The maximum Gasteiger partial charge on any atom is 0.0794 e. The van der Waals surface area contributed by atoms with E-state index >= 15 is 0 Å². The monoisotopic (exact) mass is 250 g/mol. The van der Waals surface area contributed by atoms with Gasteiger partial charge in [0.15, 0.2) is 0 Å².